The fourth-order valence-corrected chi connectivity index (χ4v) is 5.00. The molecule has 0 fully saturated rings. The number of ketones is 1. The Morgan fingerprint density at radius 1 is 1.33 bits per heavy atom. The van der Waals surface area contributed by atoms with Gasteiger partial charge in [-0.3, -0.25) is 4.79 Å². The molecular formula is C23H24Cl2N4O5S2. The van der Waals surface area contributed by atoms with Gasteiger partial charge in [0.1, 0.15) is 30.3 Å². The summed E-state index contributed by atoms with van der Waals surface area (Å²) in [6.45, 7) is 2.36. The third-order valence-electron chi connectivity index (χ3n) is 5.18. The lowest BCUT2D eigenvalue weighted by molar-refractivity contribution is 0.104. The Hall–Kier alpha value is -2.54. The highest BCUT2D eigenvalue weighted by Gasteiger charge is 2.25. The van der Waals surface area contributed by atoms with E-state index >= 15 is 0 Å². The SMILES string of the molecule is CC/C(=C/OS(N)=O)CCNc1ncncc1C(=O)c1cc(C(O)c2cc(Cl)ccc2OC)c(Cl)s1. The van der Waals surface area contributed by atoms with Crippen molar-refractivity contribution < 1.29 is 23.0 Å². The number of carbonyl (C=O) groups is 1. The van der Waals surface area contributed by atoms with Crippen molar-refractivity contribution in [2.45, 2.75) is 25.9 Å². The highest BCUT2D eigenvalue weighted by molar-refractivity contribution is 7.77. The van der Waals surface area contributed by atoms with Gasteiger partial charge in [0.25, 0.3) is 11.3 Å². The van der Waals surface area contributed by atoms with Crippen molar-refractivity contribution >= 4 is 57.4 Å². The summed E-state index contributed by atoms with van der Waals surface area (Å²) in [6, 6.07) is 6.42. The monoisotopic (exact) mass is 570 g/mol. The van der Waals surface area contributed by atoms with Crippen LogP contribution in [-0.4, -0.2) is 38.7 Å². The molecule has 192 valence electrons. The minimum absolute atomic E-state index is 0.248. The molecule has 0 saturated carbocycles. The van der Waals surface area contributed by atoms with Crippen LogP contribution < -0.4 is 15.2 Å². The quantitative estimate of drug-likeness (QED) is 0.208. The number of rotatable bonds is 12. The summed E-state index contributed by atoms with van der Waals surface area (Å²) in [5, 5.41) is 19.6. The minimum atomic E-state index is -1.88. The van der Waals surface area contributed by atoms with E-state index in [4.69, 9.17) is 37.3 Å². The van der Waals surface area contributed by atoms with Crippen molar-refractivity contribution in [1.82, 2.24) is 9.97 Å². The molecule has 0 bridgehead atoms. The van der Waals surface area contributed by atoms with Gasteiger partial charge in [0.05, 0.1) is 21.9 Å². The lowest BCUT2D eigenvalue weighted by Gasteiger charge is -2.14. The second-order valence-electron chi connectivity index (χ2n) is 7.41. The number of benzene rings is 1. The maximum atomic E-state index is 13.3. The number of aliphatic hydroxyl groups excluding tert-OH is 1. The Labute approximate surface area is 225 Å². The number of methoxy groups -OCH3 is 1. The lowest BCUT2D eigenvalue weighted by atomic mass is 10.0. The third-order valence-corrected chi connectivity index (χ3v) is 7.09. The number of nitrogens with zero attached hydrogens (tertiary/aromatic N) is 2. The zero-order valence-corrected chi connectivity index (χ0v) is 22.5. The maximum Gasteiger partial charge on any atom is 0.284 e. The van der Waals surface area contributed by atoms with Crippen LogP contribution in [0.1, 0.15) is 52.2 Å². The van der Waals surface area contributed by atoms with Crippen LogP contribution in [-0.2, 0) is 15.4 Å². The van der Waals surface area contributed by atoms with E-state index in [0.717, 1.165) is 16.9 Å². The van der Waals surface area contributed by atoms with E-state index < -0.39 is 17.4 Å². The van der Waals surface area contributed by atoms with Crippen LogP contribution in [0.4, 0.5) is 5.82 Å². The van der Waals surface area contributed by atoms with Gasteiger partial charge < -0.3 is 19.3 Å². The number of hydrogen-bond donors (Lipinski definition) is 3. The van der Waals surface area contributed by atoms with Crippen molar-refractivity contribution in [1.29, 1.82) is 0 Å². The van der Waals surface area contributed by atoms with Gasteiger partial charge in [0.2, 0.25) is 5.78 Å². The second-order valence-corrected chi connectivity index (χ2v) is 10.2. The Balaban J connectivity index is 1.80. The first kappa shape index (κ1) is 28.0. The summed E-state index contributed by atoms with van der Waals surface area (Å²) >= 11 is 11.7. The van der Waals surface area contributed by atoms with E-state index in [-0.39, 0.29) is 15.7 Å². The molecule has 0 saturated heterocycles. The van der Waals surface area contributed by atoms with Crippen LogP contribution >= 0.6 is 34.5 Å². The number of aliphatic hydroxyl groups is 1. The van der Waals surface area contributed by atoms with E-state index in [2.05, 4.69) is 15.3 Å². The Morgan fingerprint density at radius 3 is 2.81 bits per heavy atom. The number of nitrogens with one attached hydrogen (secondary N) is 1. The fraction of sp³-hybridized carbons (Fsp3) is 0.261. The molecule has 0 spiro atoms. The fourth-order valence-electron chi connectivity index (χ4n) is 3.31. The zero-order chi connectivity index (χ0) is 26.2. The maximum absolute atomic E-state index is 13.3. The molecule has 1 aromatic carbocycles. The van der Waals surface area contributed by atoms with E-state index in [9.17, 15) is 14.1 Å². The number of nitrogens with two attached hydrogens (primary N) is 1. The summed E-state index contributed by atoms with van der Waals surface area (Å²) in [5.74, 6) is 0.431. The Morgan fingerprint density at radius 2 is 2.11 bits per heavy atom. The second kappa shape index (κ2) is 13.1. The molecule has 9 nitrogen and oxygen atoms in total. The molecule has 0 amide bonds. The van der Waals surface area contributed by atoms with E-state index in [1.165, 1.54) is 25.9 Å². The van der Waals surface area contributed by atoms with Crippen molar-refractivity contribution in [3.8, 4) is 5.75 Å². The molecule has 2 heterocycles. The normalized spacial score (nSPS) is 13.2. The van der Waals surface area contributed by atoms with Crippen LogP contribution in [0.15, 0.2) is 48.6 Å². The largest absolute Gasteiger partial charge is 0.496 e. The van der Waals surface area contributed by atoms with Gasteiger partial charge in [-0.15, -0.1) is 11.3 Å². The predicted octanol–water partition coefficient (Wildman–Crippen LogP) is 4.82. The van der Waals surface area contributed by atoms with E-state index in [0.29, 0.717) is 52.0 Å². The number of hydrogen-bond acceptors (Lipinski definition) is 9. The molecule has 3 rings (SSSR count). The van der Waals surface area contributed by atoms with Crippen molar-refractivity contribution in [3.63, 3.8) is 0 Å². The highest BCUT2D eigenvalue weighted by atomic mass is 35.5. The summed E-state index contributed by atoms with van der Waals surface area (Å²) in [5.41, 5.74) is 1.91. The molecular weight excluding hydrogens is 547 g/mol. The molecule has 0 aliphatic carbocycles. The summed E-state index contributed by atoms with van der Waals surface area (Å²) in [7, 11) is 1.49. The molecule has 2 atom stereocenters. The summed E-state index contributed by atoms with van der Waals surface area (Å²) < 4.78 is 21.3. The van der Waals surface area contributed by atoms with Gasteiger partial charge in [-0.1, -0.05) is 30.1 Å². The van der Waals surface area contributed by atoms with Crippen LogP contribution in [0.2, 0.25) is 9.36 Å². The Bertz CT molecular complexity index is 1290. The zero-order valence-electron chi connectivity index (χ0n) is 19.4. The summed E-state index contributed by atoms with van der Waals surface area (Å²) in [6.07, 6.45) is 4.19. The standard InChI is InChI=1S/C23H24Cl2N4O5S2/c1-3-13(11-34-36(26)32)6-7-28-23-17(10-27-12-29-23)21(31)19-9-16(22(25)35-19)20(30)15-8-14(24)4-5-18(15)33-2/h4-5,8-12,20,30H,3,6-7,26H2,1-2H3,(H,27,28,29)/b13-11-. The predicted molar refractivity (Wildman–Crippen MR) is 142 cm³/mol. The number of aromatic nitrogens is 2. The third kappa shape index (κ3) is 7.02. The molecule has 2 unspecified atom stereocenters. The van der Waals surface area contributed by atoms with Gasteiger partial charge in [0, 0.05) is 28.9 Å². The molecule has 3 aromatic rings. The first-order valence-electron chi connectivity index (χ1n) is 10.7. The van der Waals surface area contributed by atoms with Gasteiger partial charge >= 0.3 is 0 Å². The molecule has 13 heteroatoms. The molecule has 0 aliphatic heterocycles. The van der Waals surface area contributed by atoms with Crippen LogP contribution in [0.25, 0.3) is 0 Å². The van der Waals surface area contributed by atoms with Gasteiger partial charge in [-0.2, -0.15) is 4.21 Å². The molecule has 36 heavy (non-hydrogen) atoms. The number of thiophene rings is 1. The first-order valence-corrected chi connectivity index (χ1v) is 13.4. The first-order chi connectivity index (χ1) is 17.2. The molecule has 0 aliphatic rings. The molecule has 2 aromatic heterocycles. The topological polar surface area (TPSA) is 137 Å². The van der Waals surface area contributed by atoms with Gasteiger partial charge in [-0.05, 0) is 42.7 Å². The number of ether oxygens (including phenoxy) is 1. The Kier molecular flexibility index (Phi) is 10.2. The molecule has 0 radical (unpaired) electrons. The van der Waals surface area contributed by atoms with E-state index in [1.807, 2.05) is 6.92 Å². The average Bonchev–Trinajstić information content (AvgIpc) is 3.26. The number of halogens is 2. The smallest absolute Gasteiger partial charge is 0.284 e. The summed E-state index contributed by atoms with van der Waals surface area (Å²) in [4.78, 5) is 21.8. The highest BCUT2D eigenvalue weighted by Crippen LogP contribution is 2.39. The average molecular weight is 572 g/mol. The van der Waals surface area contributed by atoms with Crippen molar-refractivity contribution in [2.75, 3.05) is 19.0 Å². The van der Waals surface area contributed by atoms with E-state index in [1.54, 1.807) is 24.3 Å². The molecule has 4 N–H and O–H groups in total. The van der Waals surface area contributed by atoms with Crippen molar-refractivity contribution in [2.24, 2.45) is 5.14 Å². The minimum Gasteiger partial charge on any atom is -0.496 e. The van der Waals surface area contributed by atoms with Gasteiger partial charge in [0.15, 0.2) is 0 Å². The number of carbonyl (C=O) groups excluding carboxylic acids is 1. The number of anilines is 1. The van der Waals surface area contributed by atoms with Gasteiger partial charge in [-0.25, -0.2) is 15.1 Å². The van der Waals surface area contributed by atoms with Crippen LogP contribution in [0.5, 0.6) is 5.75 Å². The van der Waals surface area contributed by atoms with Crippen LogP contribution in [0.3, 0.4) is 0 Å². The van der Waals surface area contributed by atoms with Crippen LogP contribution in [0, 0.1) is 0 Å². The lowest BCUT2D eigenvalue weighted by Crippen LogP contribution is -2.11. The van der Waals surface area contributed by atoms with Crippen molar-refractivity contribution in [3.05, 3.63) is 79.6 Å².